The van der Waals surface area contributed by atoms with Gasteiger partial charge < -0.3 is 19.7 Å². The van der Waals surface area contributed by atoms with E-state index in [0.717, 1.165) is 12.7 Å². The summed E-state index contributed by atoms with van der Waals surface area (Å²) in [6.07, 6.45) is -1.48. The molecule has 0 saturated heterocycles. The van der Waals surface area contributed by atoms with Crippen LogP contribution in [-0.4, -0.2) is 36.4 Å². The Morgan fingerprint density at radius 2 is 1.90 bits per heavy atom. The lowest BCUT2D eigenvalue weighted by atomic mass is 10.2. The summed E-state index contributed by atoms with van der Waals surface area (Å²) in [5.74, 6) is -1.95. The summed E-state index contributed by atoms with van der Waals surface area (Å²) < 4.78 is 9.32. The van der Waals surface area contributed by atoms with Crippen molar-refractivity contribution in [1.82, 2.24) is 5.32 Å². The molecule has 1 rings (SSSR count). The number of nitrogens with one attached hydrogen (secondary N) is 1. The highest BCUT2D eigenvalue weighted by Gasteiger charge is 2.26. The third-order valence-corrected chi connectivity index (χ3v) is 2.46. The van der Waals surface area contributed by atoms with Gasteiger partial charge in [-0.05, 0) is 5.56 Å². The number of benzene rings is 1. The molecule has 0 heterocycles. The SMILES string of the molecule is COC(=O)[C@H](CC(=O)OO)NC(=O)OCc1ccccc1. The summed E-state index contributed by atoms with van der Waals surface area (Å²) in [5, 5.41) is 10.3. The minimum absolute atomic E-state index is 0.00497. The number of amides is 1. The van der Waals surface area contributed by atoms with Crippen LogP contribution in [0, 0.1) is 0 Å². The highest BCUT2D eigenvalue weighted by Crippen LogP contribution is 2.02. The zero-order valence-corrected chi connectivity index (χ0v) is 11.3. The van der Waals surface area contributed by atoms with Gasteiger partial charge in [0.1, 0.15) is 12.6 Å². The molecule has 1 aromatic carbocycles. The Hall–Kier alpha value is -2.61. The van der Waals surface area contributed by atoms with E-state index in [-0.39, 0.29) is 6.61 Å². The first-order chi connectivity index (χ1) is 10.1. The quantitative estimate of drug-likeness (QED) is 0.346. The van der Waals surface area contributed by atoms with E-state index in [4.69, 9.17) is 9.99 Å². The van der Waals surface area contributed by atoms with Crippen LogP contribution in [0.2, 0.25) is 0 Å². The first-order valence-electron chi connectivity index (χ1n) is 5.96. The Balaban J connectivity index is 2.51. The molecule has 21 heavy (non-hydrogen) atoms. The molecule has 8 nitrogen and oxygen atoms in total. The first-order valence-corrected chi connectivity index (χ1v) is 5.96. The third-order valence-electron chi connectivity index (χ3n) is 2.46. The molecule has 0 aliphatic carbocycles. The number of hydrogen-bond acceptors (Lipinski definition) is 7. The number of rotatable bonds is 6. The number of esters is 1. The fourth-order valence-electron chi connectivity index (χ4n) is 1.45. The van der Waals surface area contributed by atoms with Crippen molar-refractivity contribution < 1.29 is 34.0 Å². The zero-order chi connectivity index (χ0) is 15.7. The Labute approximate surface area is 120 Å². The Kier molecular flexibility index (Phi) is 6.69. The van der Waals surface area contributed by atoms with Crippen LogP contribution in [0.25, 0.3) is 0 Å². The van der Waals surface area contributed by atoms with Crippen LogP contribution in [-0.2, 0) is 30.6 Å². The van der Waals surface area contributed by atoms with Gasteiger partial charge in [-0.3, -0.25) is 0 Å². The normalized spacial score (nSPS) is 11.1. The van der Waals surface area contributed by atoms with E-state index in [0.29, 0.717) is 0 Å². The minimum Gasteiger partial charge on any atom is -0.467 e. The molecule has 0 aliphatic rings. The molecule has 0 fully saturated rings. The molecule has 0 aromatic heterocycles. The molecule has 0 aliphatic heterocycles. The fourth-order valence-corrected chi connectivity index (χ4v) is 1.45. The summed E-state index contributed by atoms with van der Waals surface area (Å²) in [5.41, 5.74) is 0.761. The first kappa shape index (κ1) is 16.4. The van der Waals surface area contributed by atoms with Crippen LogP contribution in [0.3, 0.4) is 0 Å². The van der Waals surface area contributed by atoms with Crippen LogP contribution < -0.4 is 5.32 Å². The molecule has 0 radical (unpaired) electrons. The van der Waals surface area contributed by atoms with Gasteiger partial charge >= 0.3 is 18.0 Å². The van der Waals surface area contributed by atoms with E-state index < -0.39 is 30.5 Å². The molecule has 114 valence electrons. The second kappa shape index (κ2) is 8.54. The van der Waals surface area contributed by atoms with E-state index >= 15 is 0 Å². The lowest BCUT2D eigenvalue weighted by molar-refractivity contribution is -0.234. The Morgan fingerprint density at radius 1 is 1.24 bits per heavy atom. The van der Waals surface area contributed by atoms with E-state index in [2.05, 4.69) is 14.9 Å². The van der Waals surface area contributed by atoms with Gasteiger partial charge in [0.25, 0.3) is 0 Å². The van der Waals surface area contributed by atoms with Crippen molar-refractivity contribution >= 4 is 18.0 Å². The third kappa shape index (κ3) is 5.91. The lowest BCUT2D eigenvalue weighted by Gasteiger charge is -2.14. The van der Waals surface area contributed by atoms with Crippen LogP contribution in [0.1, 0.15) is 12.0 Å². The Bertz CT molecular complexity index is 489. The smallest absolute Gasteiger partial charge is 0.408 e. The molecule has 1 amide bonds. The molecule has 0 saturated carbocycles. The van der Waals surface area contributed by atoms with Gasteiger partial charge in [0.2, 0.25) is 0 Å². The summed E-state index contributed by atoms with van der Waals surface area (Å²) in [6.45, 7) is 0.00497. The predicted molar refractivity (Wildman–Crippen MR) is 68.9 cm³/mol. The van der Waals surface area contributed by atoms with Gasteiger partial charge in [0.15, 0.2) is 0 Å². The largest absolute Gasteiger partial charge is 0.467 e. The van der Waals surface area contributed by atoms with Crippen molar-refractivity contribution in [2.24, 2.45) is 0 Å². The molecule has 0 bridgehead atoms. The number of alkyl carbamates (subject to hydrolysis) is 1. The van der Waals surface area contributed by atoms with Crippen molar-refractivity contribution in [2.45, 2.75) is 19.1 Å². The minimum atomic E-state index is -1.31. The summed E-state index contributed by atoms with van der Waals surface area (Å²) >= 11 is 0. The summed E-state index contributed by atoms with van der Waals surface area (Å²) in [7, 11) is 1.09. The number of hydrogen-bond donors (Lipinski definition) is 2. The molecule has 2 N–H and O–H groups in total. The van der Waals surface area contributed by atoms with Gasteiger partial charge in [0.05, 0.1) is 13.5 Å². The molecular formula is C13H15NO7. The van der Waals surface area contributed by atoms with Crippen molar-refractivity contribution in [1.29, 1.82) is 0 Å². The molecule has 1 aromatic rings. The predicted octanol–water partition coefficient (Wildman–Crippen LogP) is 0.861. The number of ether oxygens (including phenoxy) is 2. The van der Waals surface area contributed by atoms with E-state index in [1.54, 1.807) is 24.3 Å². The van der Waals surface area contributed by atoms with Crippen LogP contribution in [0.4, 0.5) is 4.79 Å². The average Bonchev–Trinajstić information content (AvgIpc) is 2.52. The maximum absolute atomic E-state index is 11.6. The summed E-state index contributed by atoms with van der Waals surface area (Å²) in [4.78, 5) is 37.3. The zero-order valence-electron chi connectivity index (χ0n) is 11.3. The van der Waals surface area contributed by atoms with Crippen LogP contribution in [0.15, 0.2) is 30.3 Å². The maximum Gasteiger partial charge on any atom is 0.408 e. The topological polar surface area (TPSA) is 111 Å². The van der Waals surface area contributed by atoms with Crippen molar-refractivity contribution in [2.75, 3.05) is 7.11 Å². The van der Waals surface area contributed by atoms with E-state index in [1.807, 2.05) is 6.07 Å². The van der Waals surface area contributed by atoms with Crippen molar-refractivity contribution in [3.05, 3.63) is 35.9 Å². The molecule has 1 atom stereocenters. The second-order valence-electron chi connectivity index (χ2n) is 3.95. The standard InChI is InChI=1S/C13H15NO7/c1-19-12(16)10(7-11(15)21-18)14-13(17)20-8-9-5-3-2-4-6-9/h2-6,10,18H,7-8H2,1H3,(H,14,17)/t10-/m0/s1. The Morgan fingerprint density at radius 3 is 2.48 bits per heavy atom. The second-order valence-corrected chi connectivity index (χ2v) is 3.95. The van der Waals surface area contributed by atoms with Gasteiger partial charge in [-0.2, -0.15) is 5.26 Å². The lowest BCUT2D eigenvalue weighted by Crippen LogP contribution is -2.43. The van der Waals surface area contributed by atoms with Crippen molar-refractivity contribution in [3.8, 4) is 0 Å². The van der Waals surface area contributed by atoms with E-state index in [9.17, 15) is 14.4 Å². The van der Waals surface area contributed by atoms with Crippen LogP contribution >= 0.6 is 0 Å². The average molecular weight is 297 g/mol. The van der Waals surface area contributed by atoms with Gasteiger partial charge in [-0.1, -0.05) is 30.3 Å². The van der Waals surface area contributed by atoms with E-state index in [1.165, 1.54) is 0 Å². The number of carbonyl (C=O) groups excluding carboxylic acids is 3. The van der Waals surface area contributed by atoms with Crippen molar-refractivity contribution in [3.63, 3.8) is 0 Å². The van der Waals surface area contributed by atoms with Gasteiger partial charge in [0, 0.05) is 0 Å². The van der Waals surface area contributed by atoms with Gasteiger partial charge in [-0.15, -0.1) is 0 Å². The molecule has 0 unspecified atom stereocenters. The fraction of sp³-hybridized carbons (Fsp3) is 0.308. The number of methoxy groups -OCH3 is 1. The van der Waals surface area contributed by atoms with Gasteiger partial charge in [-0.25, -0.2) is 14.4 Å². The number of carbonyl (C=O) groups is 3. The summed E-state index contributed by atoms with van der Waals surface area (Å²) in [6, 6.07) is 7.59. The maximum atomic E-state index is 11.6. The molecular weight excluding hydrogens is 282 g/mol. The highest BCUT2D eigenvalue weighted by molar-refractivity contribution is 5.86. The monoisotopic (exact) mass is 297 g/mol. The highest BCUT2D eigenvalue weighted by atomic mass is 17.1. The molecule has 8 heteroatoms. The molecule has 0 spiro atoms. The van der Waals surface area contributed by atoms with Crippen LogP contribution in [0.5, 0.6) is 0 Å².